The van der Waals surface area contributed by atoms with Crippen molar-refractivity contribution in [2.75, 3.05) is 60.2 Å². The zero-order chi connectivity index (χ0) is 25.0. The van der Waals surface area contributed by atoms with E-state index in [-0.39, 0.29) is 17.5 Å². The largest absolute Gasteiger partial charge is 0.378 e. The van der Waals surface area contributed by atoms with Gasteiger partial charge in [-0.15, -0.1) is 0 Å². The second-order valence-corrected chi connectivity index (χ2v) is 10.4. The predicted molar refractivity (Wildman–Crippen MR) is 132 cm³/mol. The lowest BCUT2D eigenvalue weighted by atomic mass is 10.1. The summed E-state index contributed by atoms with van der Waals surface area (Å²) in [5.41, 5.74) is 1.97. The van der Waals surface area contributed by atoms with Crippen molar-refractivity contribution < 1.29 is 27.5 Å². The molecule has 2 aromatic rings. The van der Waals surface area contributed by atoms with Crippen LogP contribution < -0.4 is 14.5 Å². The first-order valence-corrected chi connectivity index (χ1v) is 13.2. The number of anilines is 3. The standard InChI is InChI=1S/C24H28N4O6S/c1-35(32,33)28(21-8-4-18(5-9-21)24(31)26-13-15-34-16-14-26)17-22(29)25-19-6-10-20(11-7-19)27-12-2-3-23(27)30/h4-11H,2-3,12-17H2,1H3,(H,25,29). The maximum Gasteiger partial charge on any atom is 0.254 e. The molecule has 0 radical (unpaired) electrons. The van der Waals surface area contributed by atoms with E-state index in [1.54, 1.807) is 46.2 Å². The van der Waals surface area contributed by atoms with E-state index in [0.717, 1.165) is 22.7 Å². The Morgan fingerprint density at radius 2 is 1.66 bits per heavy atom. The summed E-state index contributed by atoms with van der Waals surface area (Å²) in [5.74, 6) is -0.597. The van der Waals surface area contributed by atoms with Gasteiger partial charge in [0, 0.05) is 43.0 Å². The molecule has 2 aromatic carbocycles. The molecule has 2 fully saturated rings. The van der Waals surface area contributed by atoms with E-state index in [2.05, 4.69) is 5.32 Å². The topological polar surface area (TPSA) is 116 Å². The average molecular weight is 501 g/mol. The van der Waals surface area contributed by atoms with Crippen molar-refractivity contribution in [2.24, 2.45) is 0 Å². The number of benzene rings is 2. The number of nitrogens with one attached hydrogen (secondary N) is 1. The fourth-order valence-electron chi connectivity index (χ4n) is 4.10. The molecule has 186 valence electrons. The number of rotatable bonds is 7. The second kappa shape index (κ2) is 10.4. The van der Waals surface area contributed by atoms with Crippen molar-refractivity contribution in [1.29, 1.82) is 0 Å². The summed E-state index contributed by atoms with van der Waals surface area (Å²) < 4.78 is 31.1. The number of amides is 3. The van der Waals surface area contributed by atoms with E-state index in [9.17, 15) is 22.8 Å². The van der Waals surface area contributed by atoms with E-state index in [1.807, 2.05) is 0 Å². The molecule has 0 bridgehead atoms. The number of hydrogen-bond acceptors (Lipinski definition) is 6. The molecule has 0 saturated carbocycles. The Hall–Kier alpha value is -3.44. The predicted octanol–water partition coefficient (Wildman–Crippen LogP) is 1.69. The summed E-state index contributed by atoms with van der Waals surface area (Å²) in [7, 11) is -3.77. The molecule has 2 aliphatic heterocycles. The molecule has 2 heterocycles. The Bertz CT molecular complexity index is 1190. The molecule has 1 N–H and O–H groups in total. The van der Waals surface area contributed by atoms with Gasteiger partial charge in [0.15, 0.2) is 0 Å². The van der Waals surface area contributed by atoms with Crippen molar-refractivity contribution in [3.05, 3.63) is 54.1 Å². The van der Waals surface area contributed by atoms with Crippen LogP contribution in [0.25, 0.3) is 0 Å². The van der Waals surface area contributed by atoms with Crippen molar-refractivity contribution in [3.63, 3.8) is 0 Å². The molecule has 4 rings (SSSR count). The van der Waals surface area contributed by atoms with Crippen LogP contribution >= 0.6 is 0 Å². The maximum absolute atomic E-state index is 12.7. The molecule has 2 aliphatic rings. The van der Waals surface area contributed by atoms with Gasteiger partial charge < -0.3 is 19.9 Å². The highest BCUT2D eigenvalue weighted by Crippen LogP contribution is 2.24. The van der Waals surface area contributed by atoms with Gasteiger partial charge in [0.2, 0.25) is 21.8 Å². The lowest BCUT2D eigenvalue weighted by Gasteiger charge is -2.27. The first-order chi connectivity index (χ1) is 16.7. The highest BCUT2D eigenvalue weighted by molar-refractivity contribution is 7.92. The van der Waals surface area contributed by atoms with E-state index in [0.29, 0.717) is 50.5 Å². The van der Waals surface area contributed by atoms with Crippen molar-refractivity contribution in [2.45, 2.75) is 12.8 Å². The quantitative estimate of drug-likeness (QED) is 0.619. The van der Waals surface area contributed by atoms with E-state index < -0.39 is 22.5 Å². The van der Waals surface area contributed by atoms with E-state index in [4.69, 9.17) is 4.74 Å². The number of sulfonamides is 1. The average Bonchev–Trinajstić information content (AvgIpc) is 3.28. The molecule has 0 spiro atoms. The van der Waals surface area contributed by atoms with Crippen LogP contribution in [0.2, 0.25) is 0 Å². The van der Waals surface area contributed by atoms with Gasteiger partial charge in [0.1, 0.15) is 6.54 Å². The highest BCUT2D eigenvalue weighted by atomic mass is 32.2. The first kappa shape index (κ1) is 24.7. The summed E-state index contributed by atoms with van der Waals surface area (Å²) in [6.07, 6.45) is 2.37. The molecule has 0 aromatic heterocycles. The zero-order valence-corrected chi connectivity index (χ0v) is 20.3. The third-order valence-corrected chi connectivity index (χ3v) is 7.06. The number of carbonyl (C=O) groups is 3. The van der Waals surface area contributed by atoms with Crippen LogP contribution in [0.5, 0.6) is 0 Å². The lowest BCUT2D eigenvalue weighted by Crippen LogP contribution is -2.40. The number of nitrogens with zero attached hydrogens (tertiary/aromatic N) is 3. The van der Waals surface area contributed by atoms with Crippen molar-refractivity contribution in [1.82, 2.24) is 4.90 Å². The van der Waals surface area contributed by atoms with Gasteiger partial charge >= 0.3 is 0 Å². The molecule has 10 nitrogen and oxygen atoms in total. The molecule has 2 saturated heterocycles. The van der Waals surface area contributed by atoms with Gasteiger partial charge in [0.25, 0.3) is 5.91 Å². The molecule has 0 aliphatic carbocycles. The van der Waals surface area contributed by atoms with Crippen LogP contribution in [0.4, 0.5) is 17.1 Å². The normalized spacial score (nSPS) is 16.3. The van der Waals surface area contributed by atoms with Crippen LogP contribution in [0.15, 0.2) is 48.5 Å². The Morgan fingerprint density at radius 1 is 1.00 bits per heavy atom. The Morgan fingerprint density at radius 3 is 2.23 bits per heavy atom. The Labute approximate surface area is 204 Å². The van der Waals surface area contributed by atoms with Crippen LogP contribution in [-0.2, 0) is 24.3 Å². The summed E-state index contributed by atoms with van der Waals surface area (Å²) in [5, 5.41) is 2.69. The summed E-state index contributed by atoms with van der Waals surface area (Å²) in [6.45, 7) is 2.23. The molecule has 11 heteroatoms. The Kier molecular flexibility index (Phi) is 7.37. The fraction of sp³-hybridized carbons (Fsp3) is 0.375. The van der Waals surface area contributed by atoms with Gasteiger partial charge in [-0.3, -0.25) is 18.7 Å². The monoisotopic (exact) mass is 500 g/mol. The zero-order valence-electron chi connectivity index (χ0n) is 19.5. The van der Waals surface area contributed by atoms with Crippen LogP contribution in [0.3, 0.4) is 0 Å². The first-order valence-electron chi connectivity index (χ1n) is 11.4. The number of hydrogen-bond donors (Lipinski definition) is 1. The number of ether oxygens (including phenoxy) is 1. The third kappa shape index (κ3) is 5.98. The smallest absolute Gasteiger partial charge is 0.254 e. The minimum absolute atomic E-state index is 0.0724. The Balaban J connectivity index is 1.42. The molecular weight excluding hydrogens is 472 g/mol. The summed E-state index contributed by atoms with van der Waals surface area (Å²) in [4.78, 5) is 40.6. The van der Waals surface area contributed by atoms with Gasteiger partial charge in [-0.25, -0.2) is 8.42 Å². The fourth-order valence-corrected chi connectivity index (χ4v) is 4.95. The summed E-state index contributed by atoms with van der Waals surface area (Å²) >= 11 is 0. The SMILES string of the molecule is CS(=O)(=O)N(CC(=O)Nc1ccc(N2CCCC2=O)cc1)c1ccc(C(=O)N2CCOCC2)cc1. The molecule has 0 unspecified atom stereocenters. The minimum Gasteiger partial charge on any atom is -0.378 e. The third-order valence-electron chi connectivity index (χ3n) is 5.92. The second-order valence-electron chi connectivity index (χ2n) is 8.47. The maximum atomic E-state index is 12.7. The highest BCUT2D eigenvalue weighted by Gasteiger charge is 2.24. The van der Waals surface area contributed by atoms with Crippen molar-refractivity contribution in [3.8, 4) is 0 Å². The van der Waals surface area contributed by atoms with Crippen molar-refractivity contribution >= 4 is 44.8 Å². The van der Waals surface area contributed by atoms with Gasteiger partial charge in [-0.05, 0) is 55.0 Å². The van der Waals surface area contributed by atoms with Gasteiger partial charge in [-0.2, -0.15) is 0 Å². The summed E-state index contributed by atoms with van der Waals surface area (Å²) in [6, 6.07) is 13.0. The molecular formula is C24H28N4O6S. The molecule has 35 heavy (non-hydrogen) atoms. The molecule has 0 atom stereocenters. The minimum atomic E-state index is -3.77. The van der Waals surface area contributed by atoms with Crippen LogP contribution in [-0.4, -0.2) is 76.7 Å². The van der Waals surface area contributed by atoms with Gasteiger partial charge in [0.05, 0.1) is 25.2 Å². The number of morpholine rings is 1. The van der Waals surface area contributed by atoms with Gasteiger partial charge in [-0.1, -0.05) is 0 Å². The van der Waals surface area contributed by atoms with E-state index in [1.165, 1.54) is 12.1 Å². The molecule has 3 amide bonds. The lowest BCUT2D eigenvalue weighted by molar-refractivity contribution is -0.117. The number of carbonyl (C=O) groups excluding carboxylic acids is 3. The van der Waals surface area contributed by atoms with Crippen LogP contribution in [0, 0.1) is 0 Å². The van der Waals surface area contributed by atoms with E-state index >= 15 is 0 Å². The van der Waals surface area contributed by atoms with Crippen LogP contribution in [0.1, 0.15) is 23.2 Å².